The Labute approximate surface area is 185 Å². The van der Waals surface area contributed by atoms with Crippen LogP contribution in [0.1, 0.15) is 25.0 Å². The van der Waals surface area contributed by atoms with Crippen LogP contribution in [0.4, 0.5) is 4.39 Å². The monoisotopic (exact) mass is 439 g/mol. The molecule has 1 aromatic carbocycles. The van der Waals surface area contributed by atoms with Crippen LogP contribution in [0.3, 0.4) is 0 Å². The lowest BCUT2D eigenvalue weighted by Gasteiger charge is -2.36. The van der Waals surface area contributed by atoms with Crippen molar-refractivity contribution in [2.75, 3.05) is 6.61 Å². The van der Waals surface area contributed by atoms with E-state index in [1.54, 1.807) is 29.1 Å². The summed E-state index contributed by atoms with van der Waals surface area (Å²) in [6, 6.07) is 11.4. The van der Waals surface area contributed by atoms with E-state index in [1.807, 2.05) is 18.3 Å². The number of aromatic nitrogens is 4. The molecule has 0 radical (unpaired) electrons. The highest BCUT2D eigenvalue weighted by molar-refractivity contribution is 5.78. The molecule has 0 saturated carbocycles. The van der Waals surface area contributed by atoms with Crippen LogP contribution in [0.5, 0.6) is 0 Å². The zero-order valence-corrected chi connectivity index (χ0v) is 17.6. The summed E-state index contributed by atoms with van der Waals surface area (Å²) in [5, 5.41) is 21.0. The summed E-state index contributed by atoms with van der Waals surface area (Å²) in [7, 11) is 0. The number of carbonyl (C=O) groups is 1. The maximum absolute atomic E-state index is 13.1. The third kappa shape index (κ3) is 5.74. The zero-order valence-electron chi connectivity index (χ0n) is 17.6. The molecule has 1 aliphatic rings. The van der Waals surface area contributed by atoms with Gasteiger partial charge in [0.1, 0.15) is 17.6 Å². The molecule has 3 heterocycles. The number of halogens is 1. The van der Waals surface area contributed by atoms with Crippen LogP contribution in [0.2, 0.25) is 0 Å². The second-order valence-corrected chi connectivity index (χ2v) is 7.89. The van der Waals surface area contributed by atoms with Crippen molar-refractivity contribution in [3.63, 3.8) is 0 Å². The molecule has 0 bridgehead atoms. The number of amides is 1. The fourth-order valence-electron chi connectivity index (χ4n) is 3.87. The molecule has 1 fully saturated rings. The van der Waals surface area contributed by atoms with Gasteiger partial charge in [-0.05, 0) is 55.7 Å². The largest absolute Gasteiger partial charge is 0.394 e. The molecule has 8 nitrogen and oxygen atoms in total. The maximum atomic E-state index is 13.1. The Morgan fingerprint density at radius 1 is 1.22 bits per heavy atom. The van der Waals surface area contributed by atoms with E-state index in [4.69, 9.17) is 4.74 Å². The minimum absolute atomic E-state index is 0.0467. The van der Waals surface area contributed by atoms with E-state index in [0.717, 1.165) is 18.4 Å². The SMILES string of the molecule is O=C(Cc1ccccn1)N[C@H]1CC[C@@H](CCn2cc(-c3ccc(F)cc3)nn2)O[C@@H]1CO. The van der Waals surface area contributed by atoms with Gasteiger partial charge in [-0.2, -0.15) is 0 Å². The molecule has 3 aromatic rings. The van der Waals surface area contributed by atoms with Gasteiger partial charge in [0.2, 0.25) is 5.91 Å². The van der Waals surface area contributed by atoms with Gasteiger partial charge in [0.25, 0.3) is 0 Å². The normalized spacial score (nSPS) is 20.8. The van der Waals surface area contributed by atoms with Crippen LogP contribution < -0.4 is 5.32 Å². The molecule has 4 rings (SSSR count). The lowest BCUT2D eigenvalue weighted by atomic mass is 9.97. The quantitative estimate of drug-likeness (QED) is 0.558. The summed E-state index contributed by atoms with van der Waals surface area (Å²) in [5.74, 6) is -0.426. The third-order valence-corrected chi connectivity index (χ3v) is 5.57. The van der Waals surface area contributed by atoms with Gasteiger partial charge in [-0.3, -0.25) is 14.5 Å². The van der Waals surface area contributed by atoms with Gasteiger partial charge < -0.3 is 15.2 Å². The number of hydrogen-bond donors (Lipinski definition) is 2. The van der Waals surface area contributed by atoms with E-state index >= 15 is 0 Å². The van der Waals surface area contributed by atoms with Crippen molar-refractivity contribution in [1.82, 2.24) is 25.3 Å². The maximum Gasteiger partial charge on any atom is 0.226 e. The van der Waals surface area contributed by atoms with Crippen LogP contribution in [0.15, 0.2) is 54.9 Å². The van der Waals surface area contributed by atoms with Gasteiger partial charge in [0.05, 0.1) is 31.4 Å². The van der Waals surface area contributed by atoms with Crippen LogP contribution in [0, 0.1) is 5.82 Å². The van der Waals surface area contributed by atoms with Crippen molar-refractivity contribution in [3.05, 3.63) is 66.4 Å². The van der Waals surface area contributed by atoms with E-state index in [2.05, 4.69) is 20.6 Å². The minimum atomic E-state index is -0.452. The summed E-state index contributed by atoms with van der Waals surface area (Å²) < 4.78 is 20.9. The molecule has 0 aliphatic carbocycles. The van der Waals surface area contributed by atoms with Crippen molar-refractivity contribution in [2.45, 2.75) is 50.5 Å². The summed E-state index contributed by atoms with van der Waals surface area (Å²) in [6.07, 6.45) is 5.37. The van der Waals surface area contributed by atoms with Crippen LogP contribution in [-0.4, -0.2) is 55.8 Å². The van der Waals surface area contributed by atoms with Crippen molar-refractivity contribution >= 4 is 5.91 Å². The Bertz CT molecular complexity index is 1010. The molecular weight excluding hydrogens is 413 g/mol. The summed E-state index contributed by atoms with van der Waals surface area (Å²) in [6.45, 7) is 0.441. The molecule has 1 aliphatic heterocycles. The van der Waals surface area contributed by atoms with Crippen LogP contribution >= 0.6 is 0 Å². The number of carbonyl (C=O) groups excluding carboxylic acids is 1. The zero-order chi connectivity index (χ0) is 22.3. The van der Waals surface area contributed by atoms with E-state index < -0.39 is 6.10 Å². The number of aliphatic hydroxyl groups excluding tert-OH is 1. The third-order valence-electron chi connectivity index (χ3n) is 5.57. The number of benzene rings is 1. The summed E-state index contributed by atoms with van der Waals surface area (Å²) in [5.41, 5.74) is 2.18. The number of hydrogen-bond acceptors (Lipinski definition) is 6. The molecule has 2 N–H and O–H groups in total. The number of rotatable bonds is 8. The van der Waals surface area contributed by atoms with E-state index in [-0.39, 0.29) is 36.9 Å². The van der Waals surface area contributed by atoms with Crippen molar-refractivity contribution in [2.24, 2.45) is 0 Å². The molecule has 1 saturated heterocycles. The predicted octanol–water partition coefficient (Wildman–Crippen LogP) is 2.14. The number of pyridine rings is 1. The van der Waals surface area contributed by atoms with Gasteiger partial charge in [-0.15, -0.1) is 5.10 Å². The van der Waals surface area contributed by atoms with E-state index in [0.29, 0.717) is 24.4 Å². The fourth-order valence-corrected chi connectivity index (χ4v) is 3.87. The van der Waals surface area contributed by atoms with Gasteiger partial charge in [-0.1, -0.05) is 11.3 Å². The Balaban J connectivity index is 1.26. The first kappa shape index (κ1) is 22.0. The highest BCUT2D eigenvalue weighted by atomic mass is 19.1. The molecule has 168 valence electrons. The van der Waals surface area contributed by atoms with Crippen LogP contribution in [0.25, 0.3) is 11.3 Å². The first-order valence-corrected chi connectivity index (χ1v) is 10.7. The Morgan fingerprint density at radius 3 is 2.81 bits per heavy atom. The van der Waals surface area contributed by atoms with Gasteiger partial charge in [-0.25, -0.2) is 4.39 Å². The lowest BCUT2D eigenvalue weighted by Crippen LogP contribution is -2.51. The molecule has 1 amide bonds. The molecule has 2 aromatic heterocycles. The average molecular weight is 439 g/mol. The highest BCUT2D eigenvalue weighted by Crippen LogP contribution is 2.23. The second-order valence-electron chi connectivity index (χ2n) is 7.89. The Kier molecular flexibility index (Phi) is 7.18. The summed E-state index contributed by atoms with van der Waals surface area (Å²) in [4.78, 5) is 16.5. The second kappa shape index (κ2) is 10.4. The van der Waals surface area contributed by atoms with Crippen molar-refractivity contribution in [1.29, 1.82) is 0 Å². The fraction of sp³-hybridized carbons (Fsp3) is 0.391. The van der Waals surface area contributed by atoms with Gasteiger partial charge in [0, 0.05) is 24.0 Å². The van der Waals surface area contributed by atoms with Gasteiger partial charge >= 0.3 is 0 Å². The van der Waals surface area contributed by atoms with Crippen LogP contribution in [-0.2, 0) is 22.5 Å². The highest BCUT2D eigenvalue weighted by Gasteiger charge is 2.31. The number of aryl methyl sites for hydroxylation is 1. The molecule has 0 spiro atoms. The molecule has 3 atom stereocenters. The topological polar surface area (TPSA) is 102 Å². The number of nitrogens with one attached hydrogen (secondary N) is 1. The molecular formula is C23H26FN5O3. The number of aliphatic hydroxyl groups is 1. The molecule has 0 unspecified atom stereocenters. The summed E-state index contributed by atoms with van der Waals surface area (Å²) >= 11 is 0. The van der Waals surface area contributed by atoms with Crippen molar-refractivity contribution in [3.8, 4) is 11.3 Å². The Morgan fingerprint density at radius 2 is 2.06 bits per heavy atom. The lowest BCUT2D eigenvalue weighted by molar-refractivity contribution is -0.128. The first-order valence-electron chi connectivity index (χ1n) is 10.7. The first-order chi connectivity index (χ1) is 15.6. The Hall–Kier alpha value is -3.17. The minimum Gasteiger partial charge on any atom is -0.394 e. The van der Waals surface area contributed by atoms with Crippen molar-refractivity contribution < 1.29 is 19.0 Å². The van der Waals surface area contributed by atoms with Gasteiger partial charge in [0.15, 0.2) is 0 Å². The number of ether oxygens (including phenoxy) is 1. The average Bonchev–Trinajstić information content (AvgIpc) is 3.28. The smallest absolute Gasteiger partial charge is 0.226 e. The predicted molar refractivity (Wildman–Crippen MR) is 115 cm³/mol. The van der Waals surface area contributed by atoms with E-state index in [9.17, 15) is 14.3 Å². The number of nitrogens with zero attached hydrogens (tertiary/aromatic N) is 4. The molecule has 9 heteroatoms. The van der Waals surface area contributed by atoms with E-state index in [1.165, 1.54) is 12.1 Å². The molecule has 32 heavy (non-hydrogen) atoms. The standard InChI is InChI=1S/C23H26FN5O3/c24-17-6-4-16(5-7-17)21-14-29(28-27-21)12-10-19-8-9-20(22(15-30)32-19)26-23(31)13-18-3-1-2-11-25-18/h1-7,11,14,19-20,22,30H,8-10,12-13,15H2,(H,26,31)/t19-,20-,22+/m0/s1.